The summed E-state index contributed by atoms with van der Waals surface area (Å²) < 4.78 is 5.30. The van der Waals surface area contributed by atoms with Crippen molar-refractivity contribution in [3.63, 3.8) is 0 Å². The Hall–Kier alpha value is -3.12. The molecular weight excluding hydrogens is 350 g/mol. The number of nitrogens with one attached hydrogen (secondary N) is 2. The predicted molar refractivity (Wildman–Crippen MR) is 115 cm³/mol. The molecule has 6 heteroatoms. The fourth-order valence-corrected chi connectivity index (χ4v) is 2.78. The minimum absolute atomic E-state index is 0.684. The van der Waals surface area contributed by atoms with Gasteiger partial charge in [0.15, 0.2) is 5.82 Å². The quantitative estimate of drug-likeness (QED) is 0.543. The molecule has 0 amide bonds. The van der Waals surface area contributed by atoms with Crippen LogP contribution in [0.5, 0.6) is 5.75 Å². The van der Waals surface area contributed by atoms with E-state index in [-0.39, 0.29) is 0 Å². The van der Waals surface area contributed by atoms with Crippen molar-refractivity contribution < 1.29 is 4.74 Å². The molecule has 1 aromatic heterocycles. The third-order valence-corrected chi connectivity index (χ3v) is 4.19. The number of rotatable bonds is 9. The van der Waals surface area contributed by atoms with Gasteiger partial charge in [-0.05, 0) is 39.2 Å². The number of aromatic nitrogens is 2. The maximum atomic E-state index is 5.30. The van der Waals surface area contributed by atoms with Gasteiger partial charge in [0.2, 0.25) is 0 Å². The summed E-state index contributed by atoms with van der Waals surface area (Å²) in [4.78, 5) is 11.6. The molecule has 146 valence electrons. The standard InChI is InChI=1S/C22H27N5O/c1-27(2)14-8-13-23-20-16-21(24-18-11-7-12-19(15-18)28-3)26-22(25-20)17-9-5-4-6-10-17/h4-7,9-12,15-16H,8,13-14H2,1-3H3,(H2,23,24,25,26). The summed E-state index contributed by atoms with van der Waals surface area (Å²) >= 11 is 0. The number of hydrogen-bond acceptors (Lipinski definition) is 6. The number of ether oxygens (including phenoxy) is 1. The van der Waals surface area contributed by atoms with Crippen LogP contribution in [-0.2, 0) is 0 Å². The van der Waals surface area contributed by atoms with Crippen molar-refractivity contribution in [2.45, 2.75) is 6.42 Å². The van der Waals surface area contributed by atoms with Crippen LogP contribution in [0.15, 0.2) is 60.7 Å². The van der Waals surface area contributed by atoms with Crippen LogP contribution < -0.4 is 15.4 Å². The zero-order valence-corrected chi connectivity index (χ0v) is 16.6. The molecule has 0 bridgehead atoms. The normalized spacial score (nSPS) is 10.7. The molecule has 0 aliphatic heterocycles. The summed E-state index contributed by atoms with van der Waals surface area (Å²) in [6, 6.07) is 19.7. The second-order valence-corrected chi connectivity index (χ2v) is 6.77. The van der Waals surface area contributed by atoms with E-state index in [2.05, 4.69) is 29.6 Å². The Morgan fingerprint density at radius 2 is 1.71 bits per heavy atom. The second-order valence-electron chi connectivity index (χ2n) is 6.77. The monoisotopic (exact) mass is 377 g/mol. The van der Waals surface area contributed by atoms with E-state index in [0.717, 1.165) is 48.1 Å². The van der Waals surface area contributed by atoms with Crippen molar-refractivity contribution in [1.82, 2.24) is 14.9 Å². The average Bonchev–Trinajstić information content (AvgIpc) is 2.72. The number of nitrogens with zero attached hydrogens (tertiary/aromatic N) is 3. The summed E-state index contributed by atoms with van der Waals surface area (Å²) in [5.74, 6) is 3.02. The molecule has 2 N–H and O–H groups in total. The topological polar surface area (TPSA) is 62.3 Å². The first-order valence-electron chi connectivity index (χ1n) is 9.38. The molecule has 0 aliphatic rings. The van der Waals surface area contributed by atoms with E-state index in [1.54, 1.807) is 7.11 Å². The van der Waals surface area contributed by atoms with E-state index >= 15 is 0 Å². The highest BCUT2D eigenvalue weighted by atomic mass is 16.5. The van der Waals surface area contributed by atoms with Gasteiger partial charge in [-0.25, -0.2) is 9.97 Å². The Kier molecular flexibility index (Phi) is 6.81. The molecule has 3 rings (SSSR count). The molecule has 2 aromatic carbocycles. The minimum Gasteiger partial charge on any atom is -0.497 e. The van der Waals surface area contributed by atoms with Crippen LogP contribution in [0.2, 0.25) is 0 Å². The zero-order chi connectivity index (χ0) is 19.8. The van der Waals surface area contributed by atoms with E-state index < -0.39 is 0 Å². The van der Waals surface area contributed by atoms with Crippen molar-refractivity contribution in [3.05, 3.63) is 60.7 Å². The highest BCUT2D eigenvalue weighted by Crippen LogP contribution is 2.24. The smallest absolute Gasteiger partial charge is 0.163 e. The van der Waals surface area contributed by atoms with Gasteiger partial charge in [0.05, 0.1) is 7.11 Å². The lowest BCUT2D eigenvalue weighted by atomic mass is 10.2. The van der Waals surface area contributed by atoms with Crippen molar-refractivity contribution >= 4 is 17.3 Å². The number of benzene rings is 2. The third-order valence-electron chi connectivity index (χ3n) is 4.19. The van der Waals surface area contributed by atoms with Crippen molar-refractivity contribution in [3.8, 4) is 17.1 Å². The lowest BCUT2D eigenvalue weighted by molar-refractivity contribution is 0.405. The van der Waals surface area contributed by atoms with Gasteiger partial charge in [-0.1, -0.05) is 36.4 Å². The molecule has 0 aliphatic carbocycles. The first-order chi connectivity index (χ1) is 13.6. The highest BCUT2D eigenvalue weighted by molar-refractivity contribution is 5.65. The molecule has 0 fully saturated rings. The van der Waals surface area contributed by atoms with Crippen LogP contribution in [0.4, 0.5) is 17.3 Å². The summed E-state index contributed by atoms with van der Waals surface area (Å²) in [7, 11) is 5.82. The van der Waals surface area contributed by atoms with Gasteiger partial charge >= 0.3 is 0 Å². The molecule has 0 atom stereocenters. The van der Waals surface area contributed by atoms with Gasteiger partial charge < -0.3 is 20.3 Å². The molecule has 0 saturated heterocycles. The van der Waals surface area contributed by atoms with Crippen molar-refractivity contribution in [2.75, 3.05) is 44.9 Å². The lowest BCUT2D eigenvalue weighted by Crippen LogP contribution is -2.16. The Bertz CT molecular complexity index is 883. The SMILES string of the molecule is COc1cccc(Nc2cc(NCCCN(C)C)nc(-c3ccccc3)n2)c1. The van der Waals surface area contributed by atoms with Gasteiger partial charge in [0.25, 0.3) is 0 Å². The van der Waals surface area contributed by atoms with Crippen LogP contribution in [0.25, 0.3) is 11.4 Å². The minimum atomic E-state index is 0.684. The Morgan fingerprint density at radius 3 is 2.46 bits per heavy atom. The van der Waals surface area contributed by atoms with Crippen LogP contribution >= 0.6 is 0 Å². The average molecular weight is 377 g/mol. The van der Waals surface area contributed by atoms with Gasteiger partial charge in [-0.2, -0.15) is 0 Å². The summed E-state index contributed by atoms with van der Waals surface area (Å²) in [5.41, 5.74) is 1.89. The maximum absolute atomic E-state index is 5.30. The van der Waals surface area contributed by atoms with Crippen LogP contribution in [0, 0.1) is 0 Å². The van der Waals surface area contributed by atoms with Gasteiger partial charge in [-0.3, -0.25) is 0 Å². The molecule has 0 spiro atoms. The molecule has 28 heavy (non-hydrogen) atoms. The van der Waals surface area contributed by atoms with Gasteiger partial charge in [-0.15, -0.1) is 0 Å². The third kappa shape index (κ3) is 5.69. The second kappa shape index (κ2) is 9.71. The Balaban J connectivity index is 1.84. The van der Waals surface area contributed by atoms with Crippen LogP contribution in [0.1, 0.15) is 6.42 Å². The molecule has 3 aromatic rings. The fraction of sp³-hybridized carbons (Fsp3) is 0.273. The zero-order valence-electron chi connectivity index (χ0n) is 16.6. The number of hydrogen-bond donors (Lipinski definition) is 2. The van der Waals surface area contributed by atoms with Crippen LogP contribution in [-0.4, -0.2) is 49.2 Å². The first kappa shape index (κ1) is 19.6. The highest BCUT2D eigenvalue weighted by Gasteiger charge is 2.08. The Labute approximate surface area is 166 Å². The molecule has 0 saturated carbocycles. The van der Waals surface area contributed by atoms with Crippen molar-refractivity contribution in [2.24, 2.45) is 0 Å². The van der Waals surface area contributed by atoms with Crippen molar-refractivity contribution in [1.29, 1.82) is 0 Å². The Morgan fingerprint density at radius 1 is 0.929 bits per heavy atom. The number of anilines is 3. The molecule has 6 nitrogen and oxygen atoms in total. The van der Waals surface area contributed by atoms with E-state index in [4.69, 9.17) is 14.7 Å². The number of methoxy groups -OCH3 is 1. The molecule has 1 heterocycles. The maximum Gasteiger partial charge on any atom is 0.163 e. The largest absolute Gasteiger partial charge is 0.497 e. The van der Waals surface area contributed by atoms with E-state index in [1.165, 1.54) is 0 Å². The van der Waals surface area contributed by atoms with Crippen LogP contribution in [0.3, 0.4) is 0 Å². The molecular formula is C22H27N5O. The predicted octanol–water partition coefficient (Wildman–Crippen LogP) is 4.26. The molecule has 0 radical (unpaired) electrons. The summed E-state index contributed by atoms with van der Waals surface area (Å²) in [5, 5.41) is 6.77. The van der Waals surface area contributed by atoms with E-state index in [1.807, 2.05) is 60.7 Å². The van der Waals surface area contributed by atoms with Gasteiger partial charge in [0.1, 0.15) is 17.4 Å². The fourth-order valence-electron chi connectivity index (χ4n) is 2.78. The van der Waals surface area contributed by atoms with E-state index in [9.17, 15) is 0 Å². The summed E-state index contributed by atoms with van der Waals surface area (Å²) in [6.07, 6.45) is 1.04. The molecule has 0 unspecified atom stereocenters. The summed E-state index contributed by atoms with van der Waals surface area (Å²) in [6.45, 7) is 1.88. The first-order valence-corrected chi connectivity index (χ1v) is 9.38. The lowest BCUT2D eigenvalue weighted by Gasteiger charge is -2.13. The van der Waals surface area contributed by atoms with E-state index in [0.29, 0.717) is 5.82 Å². The van der Waals surface area contributed by atoms with Gasteiger partial charge in [0, 0.05) is 29.9 Å².